The van der Waals surface area contributed by atoms with E-state index in [4.69, 9.17) is 5.26 Å². The first-order valence-corrected chi connectivity index (χ1v) is 10.9. The molecule has 2 aromatic rings. The Bertz CT molecular complexity index is 1370. The highest BCUT2D eigenvalue weighted by Crippen LogP contribution is 2.51. The van der Waals surface area contributed by atoms with Gasteiger partial charge in [-0.2, -0.15) is 31.6 Å². The van der Waals surface area contributed by atoms with Gasteiger partial charge in [0.2, 0.25) is 0 Å². The minimum atomic E-state index is -5.46. The van der Waals surface area contributed by atoms with Crippen LogP contribution in [-0.4, -0.2) is 29.8 Å². The van der Waals surface area contributed by atoms with Crippen molar-refractivity contribution in [2.24, 2.45) is 5.16 Å². The first-order chi connectivity index (χ1) is 17.5. The number of carbonyl (C=O) groups excluding carboxylic acids is 1. The van der Waals surface area contributed by atoms with Gasteiger partial charge in [0, 0.05) is 30.0 Å². The molecule has 0 bridgehead atoms. The summed E-state index contributed by atoms with van der Waals surface area (Å²) in [6.07, 6.45) is -13.1. The molecule has 14 heteroatoms. The van der Waals surface area contributed by atoms with Crippen molar-refractivity contribution in [3.05, 3.63) is 69.5 Å². The van der Waals surface area contributed by atoms with Crippen molar-refractivity contribution >= 4 is 11.6 Å². The molecule has 1 heterocycles. The smallest absolute Gasteiger partial charge is 0.374 e. The number of nitrogens with one attached hydrogen (secondary N) is 1. The molecule has 2 aliphatic rings. The fourth-order valence-electron chi connectivity index (χ4n) is 4.35. The molecule has 2 aromatic carbocycles. The number of halogens is 9. The fraction of sp³-hybridized carbons (Fsp3) is 0.375. The highest BCUT2D eigenvalue weighted by atomic mass is 19.4. The predicted octanol–water partition coefficient (Wildman–Crippen LogP) is 6.13. The van der Waals surface area contributed by atoms with Crippen molar-refractivity contribution in [1.29, 1.82) is 5.26 Å². The third-order valence-electron chi connectivity index (χ3n) is 6.36. The summed E-state index contributed by atoms with van der Waals surface area (Å²) in [6, 6.07) is 4.63. The van der Waals surface area contributed by atoms with Gasteiger partial charge >= 0.3 is 12.4 Å². The predicted molar refractivity (Wildman–Crippen MR) is 113 cm³/mol. The number of carbonyl (C=O) groups is 1. The van der Waals surface area contributed by atoms with Crippen LogP contribution in [0.1, 0.15) is 57.4 Å². The fourth-order valence-corrected chi connectivity index (χ4v) is 4.35. The van der Waals surface area contributed by atoms with E-state index in [1.54, 1.807) is 0 Å². The molecule has 0 aromatic heterocycles. The highest BCUT2D eigenvalue weighted by Gasteiger charge is 2.64. The van der Waals surface area contributed by atoms with E-state index < -0.39 is 83.3 Å². The molecule has 1 amide bonds. The molecular weight excluding hydrogens is 533 g/mol. The monoisotopic (exact) mass is 549 g/mol. The molecule has 4 rings (SSSR count). The van der Waals surface area contributed by atoms with Crippen LogP contribution in [0.15, 0.2) is 35.5 Å². The maximum atomic E-state index is 14.9. The van der Waals surface area contributed by atoms with E-state index in [1.807, 2.05) is 0 Å². The molecule has 0 unspecified atom stereocenters. The van der Waals surface area contributed by atoms with Gasteiger partial charge in [-0.25, -0.2) is 13.2 Å². The number of hydrogen-bond donors (Lipinski definition) is 1. The molecule has 1 aliphatic carbocycles. The number of alkyl halides is 8. The average molecular weight is 549 g/mol. The molecule has 0 spiro atoms. The first-order valence-electron chi connectivity index (χ1n) is 10.9. The van der Waals surface area contributed by atoms with Gasteiger partial charge in [0.15, 0.2) is 0 Å². The Morgan fingerprint density at radius 1 is 1.13 bits per heavy atom. The van der Waals surface area contributed by atoms with Gasteiger partial charge in [-0.15, -0.1) is 0 Å². The summed E-state index contributed by atoms with van der Waals surface area (Å²) in [7, 11) is 0. The van der Waals surface area contributed by atoms with Crippen LogP contribution in [0.4, 0.5) is 39.5 Å². The maximum absolute atomic E-state index is 14.9. The topological polar surface area (TPSA) is 74.5 Å². The van der Waals surface area contributed by atoms with Crippen LogP contribution in [0.25, 0.3) is 0 Å². The number of nitrogens with zero attached hydrogens (tertiary/aromatic N) is 2. The summed E-state index contributed by atoms with van der Waals surface area (Å²) in [5.74, 6) is -5.80. The lowest BCUT2D eigenvalue weighted by molar-refractivity contribution is -0.277. The van der Waals surface area contributed by atoms with Crippen LogP contribution in [0, 0.1) is 24.1 Å². The number of hydrogen-bond acceptors (Lipinski definition) is 4. The summed E-state index contributed by atoms with van der Waals surface area (Å²) in [4.78, 5) is 17.0. The third kappa shape index (κ3) is 4.77. The van der Waals surface area contributed by atoms with Crippen molar-refractivity contribution in [2.45, 2.75) is 56.1 Å². The Morgan fingerprint density at radius 2 is 1.79 bits per heavy atom. The molecule has 38 heavy (non-hydrogen) atoms. The van der Waals surface area contributed by atoms with Crippen molar-refractivity contribution in [3.63, 3.8) is 0 Å². The van der Waals surface area contributed by atoms with E-state index in [9.17, 15) is 44.3 Å². The zero-order valence-corrected chi connectivity index (χ0v) is 19.2. The number of nitriles is 1. The first kappa shape index (κ1) is 27.3. The standard InChI is InChI=1S/C24H16F9N3O2/c1-11-4-13(2-3-15(11)20(37)35-14-7-21(26,27)8-14)18-9-22(38-36-18,24(31,32)33)16-5-12(10-34)6-17(19(16)25)23(28,29)30/h2-6,14H,7-9H2,1H3,(H,35,37)/t22-/m0/s1. The maximum Gasteiger partial charge on any atom is 0.435 e. The second kappa shape index (κ2) is 8.92. The van der Waals surface area contributed by atoms with Gasteiger partial charge in [0.25, 0.3) is 17.4 Å². The lowest BCUT2D eigenvalue weighted by atomic mass is 9.84. The molecule has 1 aliphatic heterocycles. The Hall–Kier alpha value is -3.76. The number of oxime groups is 1. The van der Waals surface area contributed by atoms with Gasteiger partial charge in [-0.1, -0.05) is 11.2 Å². The normalized spacial score (nSPS) is 21.2. The van der Waals surface area contributed by atoms with Crippen molar-refractivity contribution < 1.29 is 49.1 Å². The summed E-state index contributed by atoms with van der Waals surface area (Å²) in [6.45, 7) is 1.42. The van der Waals surface area contributed by atoms with E-state index in [-0.39, 0.29) is 22.8 Å². The molecule has 1 atom stereocenters. The number of rotatable bonds is 4. The Balaban J connectivity index is 1.66. The second-order valence-electron chi connectivity index (χ2n) is 9.09. The lowest BCUT2D eigenvalue weighted by Gasteiger charge is -2.35. The number of benzene rings is 2. The summed E-state index contributed by atoms with van der Waals surface area (Å²) >= 11 is 0. The highest BCUT2D eigenvalue weighted by molar-refractivity contribution is 6.03. The quantitative estimate of drug-likeness (QED) is 0.466. The molecule has 202 valence electrons. The van der Waals surface area contributed by atoms with Gasteiger partial charge in [-0.3, -0.25) is 4.79 Å². The number of amides is 1. The van der Waals surface area contributed by atoms with Crippen LogP contribution >= 0.6 is 0 Å². The Morgan fingerprint density at radius 3 is 2.32 bits per heavy atom. The van der Waals surface area contributed by atoms with Gasteiger partial charge < -0.3 is 10.2 Å². The van der Waals surface area contributed by atoms with E-state index in [1.165, 1.54) is 31.2 Å². The van der Waals surface area contributed by atoms with Gasteiger partial charge in [0.05, 0.1) is 29.3 Å². The summed E-state index contributed by atoms with van der Waals surface area (Å²) in [5.41, 5.74) is -8.30. The van der Waals surface area contributed by atoms with Crippen LogP contribution in [-0.2, 0) is 16.6 Å². The lowest BCUT2D eigenvalue weighted by Crippen LogP contribution is -2.50. The molecule has 1 saturated carbocycles. The van der Waals surface area contributed by atoms with Crippen LogP contribution < -0.4 is 5.32 Å². The average Bonchev–Trinajstić information content (AvgIpc) is 3.24. The zero-order chi connectivity index (χ0) is 28.3. The minimum Gasteiger partial charge on any atom is -0.374 e. The Kier molecular flexibility index (Phi) is 6.40. The molecular formula is C24H16F9N3O2. The van der Waals surface area contributed by atoms with E-state index in [0.717, 1.165) is 0 Å². The van der Waals surface area contributed by atoms with Crippen molar-refractivity contribution in [1.82, 2.24) is 5.32 Å². The summed E-state index contributed by atoms with van der Waals surface area (Å²) < 4.78 is 124. The molecule has 1 fully saturated rings. The van der Waals surface area contributed by atoms with E-state index in [2.05, 4.69) is 15.3 Å². The Labute approximate surface area is 208 Å². The summed E-state index contributed by atoms with van der Waals surface area (Å²) in [5, 5.41) is 14.8. The molecule has 5 nitrogen and oxygen atoms in total. The second-order valence-corrected chi connectivity index (χ2v) is 9.09. The van der Waals surface area contributed by atoms with Crippen LogP contribution in [0.5, 0.6) is 0 Å². The molecule has 0 radical (unpaired) electrons. The SMILES string of the molecule is Cc1cc(C2=NO[C@@](c3cc(C#N)cc(C(F)(F)F)c3F)(C(F)(F)F)C2)ccc1C(=O)NC1CC(F)(F)C1. The third-order valence-corrected chi connectivity index (χ3v) is 6.36. The van der Waals surface area contributed by atoms with Crippen molar-refractivity contribution in [2.75, 3.05) is 0 Å². The van der Waals surface area contributed by atoms with Gasteiger partial charge in [-0.05, 0) is 42.3 Å². The van der Waals surface area contributed by atoms with E-state index in [0.29, 0.717) is 6.07 Å². The zero-order valence-electron chi connectivity index (χ0n) is 19.2. The number of aryl methyl sites for hydroxylation is 1. The van der Waals surface area contributed by atoms with Crippen LogP contribution in [0.2, 0.25) is 0 Å². The van der Waals surface area contributed by atoms with Crippen molar-refractivity contribution in [3.8, 4) is 6.07 Å². The van der Waals surface area contributed by atoms with E-state index >= 15 is 0 Å². The van der Waals surface area contributed by atoms with Gasteiger partial charge in [0.1, 0.15) is 5.82 Å². The molecule has 1 N–H and O–H groups in total. The molecule has 0 saturated heterocycles. The largest absolute Gasteiger partial charge is 0.435 e. The minimum absolute atomic E-state index is 0.00626. The van der Waals surface area contributed by atoms with Crippen LogP contribution in [0.3, 0.4) is 0 Å².